The summed E-state index contributed by atoms with van der Waals surface area (Å²) in [5, 5.41) is 5.35. The summed E-state index contributed by atoms with van der Waals surface area (Å²) in [6, 6.07) is 5.73. The van der Waals surface area contributed by atoms with Gasteiger partial charge in [0.05, 0.1) is 6.04 Å². The highest BCUT2D eigenvalue weighted by Gasteiger charge is 2.22. The molecular weight excluding hydrogens is 257 g/mol. The van der Waals surface area contributed by atoms with Gasteiger partial charge in [0.1, 0.15) is 5.82 Å². The Hall–Kier alpha value is -1.19. The fourth-order valence-corrected chi connectivity index (χ4v) is 3.71. The molecule has 0 aliphatic carbocycles. The molecule has 0 saturated heterocycles. The first kappa shape index (κ1) is 14.2. The first-order chi connectivity index (χ1) is 9.08. The Morgan fingerprint density at radius 1 is 1.32 bits per heavy atom. The van der Waals surface area contributed by atoms with Crippen molar-refractivity contribution in [1.29, 1.82) is 0 Å². The Bertz CT molecular complexity index is 551. The molecule has 0 saturated carbocycles. The van der Waals surface area contributed by atoms with E-state index >= 15 is 0 Å². The van der Waals surface area contributed by atoms with Gasteiger partial charge in [-0.25, -0.2) is 4.39 Å². The standard InChI is InChI=1S/C16H20FNS/c1-5-12-6-7-19-16(12)15(18-4)14-11(3)8-10(2)9-13(14)17/h6-9,15,18H,5H2,1-4H3. The number of halogens is 1. The Labute approximate surface area is 118 Å². The van der Waals surface area contributed by atoms with E-state index in [2.05, 4.69) is 23.7 Å². The van der Waals surface area contributed by atoms with Crippen LogP contribution in [0.2, 0.25) is 0 Å². The van der Waals surface area contributed by atoms with Crippen LogP contribution in [0.25, 0.3) is 0 Å². The van der Waals surface area contributed by atoms with Crippen LogP contribution in [0.15, 0.2) is 23.6 Å². The number of hydrogen-bond acceptors (Lipinski definition) is 2. The highest BCUT2D eigenvalue weighted by atomic mass is 32.1. The lowest BCUT2D eigenvalue weighted by Crippen LogP contribution is -2.20. The van der Waals surface area contributed by atoms with Gasteiger partial charge in [0.15, 0.2) is 0 Å². The van der Waals surface area contributed by atoms with Crippen molar-refractivity contribution in [3.05, 3.63) is 56.5 Å². The van der Waals surface area contributed by atoms with Crippen LogP contribution in [0.3, 0.4) is 0 Å². The van der Waals surface area contributed by atoms with Gasteiger partial charge in [-0.1, -0.05) is 13.0 Å². The third kappa shape index (κ3) is 2.72. The zero-order chi connectivity index (χ0) is 14.0. The number of hydrogen-bond donors (Lipinski definition) is 1. The van der Waals surface area contributed by atoms with Gasteiger partial charge in [-0.05, 0) is 61.5 Å². The van der Waals surface area contributed by atoms with E-state index in [0.29, 0.717) is 0 Å². The van der Waals surface area contributed by atoms with Crippen LogP contribution in [-0.2, 0) is 6.42 Å². The molecular formula is C16H20FNS. The topological polar surface area (TPSA) is 12.0 Å². The molecule has 1 aromatic carbocycles. The van der Waals surface area contributed by atoms with Crippen LogP contribution >= 0.6 is 11.3 Å². The highest BCUT2D eigenvalue weighted by Crippen LogP contribution is 2.33. The van der Waals surface area contributed by atoms with E-state index in [9.17, 15) is 4.39 Å². The van der Waals surface area contributed by atoms with Gasteiger partial charge >= 0.3 is 0 Å². The van der Waals surface area contributed by atoms with Crippen LogP contribution in [0, 0.1) is 19.7 Å². The summed E-state index contributed by atoms with van der Waals surface area (Å²) in [5.74, 6) is -0.118. The predicted molar refractivity (Wildman–Crippen MR) is 80.5 cm³/mol. The molecule has 1 unspecified atom stereocenters. The van der Waals surface area contributed by atoms with Crippen molar-refractivity contribution >= 4 is 11.3 Å². The van der Waals surface area contributed by atoms with Gasteiger partial charge in [-0.2, -0.15) is 0 Å². The van der Waals surface area contributed by atoms with E-state index in [0.717, 1.165) is 23.1 Å². The predicted octanol–water partition coefficient (Wildman–Crippen LogP) is 4.38. The van der Waals surface area contributed by atoms with Crippen molar-refractivity contribution in [1.82, 2.24) is 5.32 Å². The van der Waals surface area contributed by atoms with Crippen molar-refractivity contribution in [3.8, 4) is 0 Å². The highest BCUT2D eigenvalue weighted by molar-refractivity contribution is 7.10. The molecule has 0 spiro atoms. The maximum absolute atomic E-state index is 14.3. The van der Waals surface area contributed by atoms with E-state index in [1.165, 1.54) is 10.4 Å². The normalized spacial score (nSPS) is 12.7. The number of benzene rings is 1. The van der Waals surface area contributed by atoms with E-state index in [1.807, 2.05) is 27.0 Å². The minimum atomic E-state index is -0.118. The molecule has 0 fully saturated rings. The molecule has 0 amide bonds. The van der Waals surface area contributed by atoms with Crippen molar-refractivity contribution in [3.63, 3.8) is 0 Å². The van der Waals surface area contributed by atoms with Crippen molar-refractivity contribution < 1.29 is 4.39 Å². The third-order valence-electron chi connectivity index (χ3n) is 3.48. The van der Waals surface area contributed by atoms with Gasteiger partial charge in [-0.15, -0.1) is 11.3 Å². The van der Waals surface area contributed by atoms with Crippen molar-refractivity contribution in [2.75, 3.05) is 7.05 Å². The summed E-state index contributed by atoms with van der Waals surface area (Å²) >= 11 is 1.69. The molecule has 102 valence electrons. The largest absolute Gasteiger partial charge is 0.309 e. The Kier molecular flexibility index (Phi) is 4.38. The van der Waals surface area contributed by atoms with E-state index in [-0.39, 0.29) is 11.9 Å². The maximum Gasteiger partial charge on any atom is 0.128 e. The lowest BCUT2D eigenvalue weighted by molar-refractivity contribution is 0.574. The van der Waals surface area contributed by atoms with E-state index in [4.69, 9.17) is 0 Å². The van der Waals surface area contributed by atoms with Gasteiger partial charge in [0.25, 0.3) is 0 Å². The van der Waals surface area contributed by atoms with Crippen LogP contribution in [0.4, 0.5) is 4.39 Å². The van der Waals surface area contributed by atoms with Crippen LogP contribution in [0.5, 0.6) is 0 Å². The number of rotatable bonds is 4. The summed E-state index contributed by atoms with van der Waals surface area (Å²) in [4.78, 5) is 1.22. The Balaban J connectivity index is 2.54. The molecule has 1 N–H and O–H groups in total. The lowest BCUT2D eigenvalue weighted by Gasteiger charge is -2.20. The number of aryl methyl sites for hydroxylation is 3. The average molecular weight is 277 g/mol. The second-order valence-electron chi connectivity index (χ2n) is 4.86. The van der Waals surface area contributed by atoms with Gasteiger partial charge in [0.2, 0.25) is 0 Å². The second kappa shape index (κ2) is 5.85. The molecule has 1 nitrogen and oxygen atoms in total. The monoisotopic (exact) mass is 277 g/mol. The summed E-state index contributed by atoms with van der Waals surface area (Å²) in [5.41, 5.74) is 4.04. The van der Waals surface area contributed by atoms with Gasteiger partial charge in [0, 0.05) is 10.4 Å². The maximum atomic E-state index is 14.3. The van der Waals surface area contributed by atoms with Crippen LogP contribution < -0.4 is 5.32 Å². The summed E-state index contributed by atoms with van der Waals surface area (Å²) < 4.78 is 14.3. The lowest BCUT2D eigenvalue weighted by atomic mass is 9.95. The molecule has 1 atom stereocenters. The molecule has 0 aliphatic rings. The zero-order valence-corrected chi connectivity index (χ0v) is 12.7. The van der Waals surface area contributed by atoms with Gasteiger partial charge in [-0.3, -0.25) is 0 Å². The number of thiophene rings is 1. The molecule has 0 radical (unpaired) electrons. The van der Waals surface area contributed by atoms with Crippen LogP contribution in [-0.4, -0.2) is 7.05 Å². The second-order valence-corrected chi connectivity index (χ2v) is 5.81. The Morgan fingerprint density at radius 2 is 2.05 bits per heavy atom. The molecule has 1 aromatic heterocycles. The summed E-state index contributed by atoms with van der Waals surface area (Å²) in [6.07, 6.45) is 0.976. The Morgan fingerprint density at radius 3 is 2.63 bits per heavy atom. The fraction of sp³-hybridized carbons (Fsp3) is 0.375. The van der Waals surface area contributed by atoms with Crippen LogP contribution in [0.1, 0.15) is 40.1 Å². The summed E-state index contributed by atoms with van der Waals surface area (Å²) in [7, 11) is 1.89. The first-order valence-electron chi connectivity index (χ1n) is 6.58. The molecule has 19 heavy (non-hydrogen) atoms. The molecule has 0 bridgehead atoms. The SMILES string of the molecule is CCc1ccsc1C(NC)c1c(C)cc(C)cc1F. The van der Waals surface area contributed by atoms with Crippen molar-refractivity contribution in [2.24, 2.45) is 0 Å². The van der Waals surface area contributed by atoms with Gasteiger partial charge < -0.3 is 5.32 Å². The van der Waals surface area contributed by atoms with Crippen molar-refractivity contribution in [2.45, 2.75) is 33.2 Å². The summed E-state index contributed by atoms with van der Waals surface area (Å²) in [6.45, 7) is 6.04. The minimum absolute atomic E-state index is 0.0597. The zero-order valence-electron chi connectivity index (χ0n) is 11.9. The first-order valence-corrected chi connectivity index (χ1v) is 7.46. The number of nitrogens with one attached hydrogen (secondary N) is 1. The van der Waals surface area contributed by atoms with E-state index in [1.54, 1.807) is 17.4 Å². The van der Waals surface area contributed by atoms with E-state index < -0.39 is 0 Å². The molecule has 1 heterocycles. The third-order valence-corrected chi connectivity index (χ3v) is 4.51. The smallest absolute Gasteiger partial charge is 0.128 e. The molecule has 3 heteroatoms. The fourth-order valence-electron chi connectivity index (χ4n) is 2.59. The molecule has 0 aliphatic heterocycles. The minimum Gasteiger partial charge on any atom is -0.309 e. The quantitative estimate of drug-likeness (QED) is 0.874. The molecule has 2 rings (SSSR count). The average Bonchev–Trinajstić information content (AvgIpc) is 2.81. The molecule has 2 aromatic rings.